The minimum atomic E-state index is -0.556. The van der Waals surface area contributed by atoms with Crippen molar-refractivity contribution in [2.45, 2.75) is 57.7 Å². The lowest BCUT2D eigenvalue weighted by Gasteiger charge is -2.44. The largest absolute Gasteiger partial charge is 0.494 e. The summed E-state index contributed by atoms with van der Waals surface area (Å²) in [6.07, 6.45) is 6.60. The summed E-state index contributed by atoms with van der Waals surface area (Å²) in [5.74, 6) is -0.685. The fraction of sp³-hybridized carbons (Fsp3) is 0.371. The third-order valence-corrected chi connectivity index (χ3v) is 7.58. The van der Waals surface area contributed by atoms with Gasteiger partial charge in [0.25, 0.3) is 0 Å². The number of nitrogens with one attached hydrogen (secondary N) is 1. The highest BCUT2D eigenvalue weighted by Gasteiger charge is 2.37. The fourth-order valence-electron chi connectivity index (χ4n) is 5.32. The standard InChI is InChI=1S/C20H26N2.C13H16N2O3.C2H6/c1-4-19-12-13-20-15-21(14-17(3)22(19)20)16(2)10-11-18-8-6-5-7-9-18;1-8(18-3)12(16)11(15-2)9-4-6-10(7-5-9)13(14)17;1-2/h4-9,19-20H,1-3,10-15H2;4-7,11,15H,1H2,2-3H3,(H2,14,17);1-2H3/t19-,20+;;/m1../s1. The van der Waals surface area contributed by atoms with E-state index in [2.05, 4.69) is 77.8 Å². The van der Waals surface area contributed by atoms with Crippen LogP contribution in [0.1, 0.15) is 60.6 Å². The van der Waals surface area contributed by atoms with Crippen molar-refractivity contribution >= 4 is 11.7 Å². The molecule has 7 nitrogen and oxygen atoms in total. The van der Waals surface area contributed by atoms with Crippen LogP contribution in [0.15, 0.2) is 104 Å². The molecule has 0 bridgehead atoms. The number of primary amides is 1. The van der Waals surface area contributed by atoms with Crippen molar-refractivity contribution in [2.24, 2.45) is 5.73 Å². The molecule has 2 aliphatic rings. The molecule has 2 heterocycles. The zero-order chi connectivity index (χ0) is 31.2. The minimum absolute atomic E-state index is 0.0772. The molecule has 1 amide bonds. The van der Waals surface area contributed by atoms with Crippen LogP contribution in [0.3, 0.4) is 0 Å². The minimum Gasteiger partial charge on any atom is -0.494 e. The molecule has 4 rings (SSSR count). The molecule has 0 aliphatic carbocycles. The van der Waals surface area contributed by atoms with Crippen molar-refractivity contribution in [2.75, 3.05) is 27.2 Å². The van der Waals surface area contributed by atoms with Crippen LogP contribution in [0.4, 0.5) is 0 Å². The average Bonchev–Trinajstić information content (AvgIpc) is 3.45. The van der Waals surface area contributed by atoms with Gasteiger partial charge in [0.15, 0.2) is 5.76 Å². The molecule has 7 heteroatoms. The van der Waals surface area contributed by atoms with Crippen LogP contribution in [0.25, 0.3) is 0 Å². The van der Waals surface area contributed by atoms with Crippen molar-refractivity contribution in [1.29, 1.82) is 0 Å². The SMILES string of the molecule is C=C(OC)C(=O)C(NC)c1ccc(C(N)=O)cc1.C=C[C@@H]1CC[C@H]2CN(C(=C)CCc3ccccc3)CC(=C)N21.CC. The lowest BCUT2D eigenvalue weighted by molar-refractivity contribution is -0.120. The van der Waals surface area contributed by atoms with Gasteiger partial charge in [0.1, 0.15) is 0 Å². The lowest BCUT2D eigenvalue weighted by atomic mass is 10.0. The van der Waals surface area contributed by atoms with Crippen molar-refractivity contribution in [3.8, 4) is 0 Å². The number of fused-ring (bicyclic) bond motifs is 1. The molecule has 2 aromatic rings. The maximum Gasteiger partial charge on any atom is 0.248 e. The van der Waals surface area contributed by atoms with E-state index < -0.39 is 11.9 Å². The van der Waals surface area contributed by atoms with Gasteiger partial charge in [-0.05, 0) is 56.0 Å². The number of nitrogens with zero attached hydrogens (tertiary/aromatic N) is 2. The fourth-order valence-corrected chi connectivity index (χ4v) is 5.32. The Bertz CT molecular complexity index is 1220. The van der Waals surface area contributed by atoms with Crippen LogP contribution >= 0.6 is 0 Å². The number of ketones is 1. The summed E-state index contributed by atoms with van der Waals surface area (Å²) in [5.41, 5.74) is 10.1. The molecular formula is C35H48N4O3. The molecule has 226 valence electrons. The lowest BCUT2D eigenvalue weighted by Crippen LogP contribution is -2.49. The van der Waals surface area contributed by atoms with Gasteiger partial charge in [0.05, 0.1) is 19.7 Å². The number of piperazine rings is 1. The first-order valence-electron chi connectivity index (χ1n) is 14.6. The van der Waals surface area contributed by atoms with E-state index >= 15 is 0 Å². The number of amides is 1. The van der Waals surface area contributed by atoms with Crippen LogP contribution in [-0.4, -0.2) is 60.8 Å². The van der Waals surface area contributed by atoms with Gasteiger partial charge in [-0.25, -0.2) is 0 Å². The molecule has 0 aromatic heterocycles. The smallest absolute Gasteiger partial charge is 0.248 e. The highest BCUT2D eigenvalue weighted by atomic mass is 16.5. The Kier molecular flexibility index (Phi) is 13.8. The van der Waals surface area contributed by atoms with Gasteiger partial charge < -0.3 is 25.6 Å². The summed E-state index contributed by atoms with van der Waals surface area (Å²) >= 11 is 0. The van der Waals surface area contributed by atoms with E-state index in [4.69, 9.17) is 10.5 Å². The second-order valence-corrected chi connectivity index (χ2v) is 10.1. The average molecular weight is 573 g/mol. The van der Waals surface area contributed by atoms with E-state index in [-0.39, 0.29) is 11.5 Å². The number of aryl methyl sites for hydroxylation is 1. The third kappa shape index (κ3) is 8.95. The molecule has 0 saturated carbocycles. The second kappa shape index (κ2) is 17.0. The molecule has 0 spiro atoms. The number of Topliss-reactive ketones (excluding diaryl/α,β-unsaturated/α-hetero) is 1. The number of carbonyl (C=O) groups excluding carboxylic acids is 2. The number of rotatable bonds is 11. The van der Waals surface area contributed by atoms with Gasteiger partial charge in [-0.1, -0.05) is 82.1 Å². The van der Waals surface area contributed by atoms with Gasteiger partial charge in [-0.3, -0.25) is 9.59 Å². The topological polar surface area (TPSA) is 87.9 Å². The molecular weight excluding hydrogens is 524 g/mol. The van der Waals surface area contributed by atoms with Crippen molar-refractivity contribution in [3.05, 3.63) is 121 Å². The first-order valence-corrected chi connectivity index (χ1v) is 14.6. The first kappa shape index (κ1) is 34.1. The number of benzene rings is 2. The molecule has 1 unspecified atom stereocenters. The summed E-state index contributed by atoms with van der Waals surface area (Å²) in [4.78, 5) is 27.8. The number of allylic oxidation sites excluding steroid dienone is 1. The normalized spacial score (nSPS) is 17.9. The molecule has 2 saturated heterocycles. The number of methoxy groups -OCH3 is 1. The Morgan fingerprint density at radius 2 is 1.74 bits per heavy atom. The molecule has 3 atom stereocenters. The number of ether oxygens (including phenoxy) is 1. The predicted molar refractivity (Wildman–Crippen MR) is 173 cm³/mol. The maximum absolute atomic E-state index is 11.9. The van der Waals surface area contributed by atoms with Gasteiger partial charge in [-0.15, -0.1) is 6.58 Å². The zero-order valence-electron chi connectivity index (χ0n) is 25.8. The maximum atomic E-state index is 11.9. The zero-order valence-corrected chi connectivity index (χ0v) is 25.8. The molecule has 2 aromatic carbocycles. The number of nitrogens with two attached hydrogens (primary N) is 1. The Morgan fingerprint density at radius 1 is 1.10 bits per heavy atom. The molecule has 42 heavy (non-hydrogen) atoms. The van der Waals surface area contributed by atoms with E-state index in [1.807, 2.05) is 13.8 Å². The van der Waals surface area contributed by atoms with E-state index in [9.17, 15) is 9.59 Å². The van der Waals surface area contributed by atoms with Crippen LogP contribution in [-0.2, 0) is 16.0 Å². The predicted octanol–water partition coefficient (Wildman–Crippen LogP) is 5.78. The van der Waals surface area contributed by atoms with Gasteiger partial charge in [0, 0.05) is 35.6 Å². The highest BCUT2D eigenvalue weighted by Crippen LogP contribution is 2.34. The number of hydrogen-bond acceptors (Lipinski definition) is 6. The Balaban J connectivity index is 0.000000283. The first-order chi connectivity index (χ1) is 20.2. The summed E-state index contributed by atoms with van der Waals surface area (Å²) < 4.78 is 4.82. The number of hydrogen-bond donors (Lipinski definition) is 2. The van der Waals surface area contributed by atoms with Crippen LogP contribution in [0.2, 0.25) is 0 Å². The van der Waals surface area contributed by atoms with E-state index in [1.54, 1.807) is 31.3 Å². The van der Waals surface area contributed by atoms with Crippen LogP contribution in [0.5, 0.6) is 0 Å². The Labute approximate surface area is 252 Å². The van der Waals surface area contributed by atoms with Gasteiger partial charge >= 0.3 is 0 Å². The van der Waals surface area contributed by atoms with Crippen LogP contribution < -0.4 is 11.1 Å². The van der Waals surface area contributed by atoms with Crippen molar-refractivity contribution < 1.29 is 14.3 Å². The van der Waals surface area contributed by atoms with Crippen molar-refractivity contribution in [3.63, 3.8) is 0 Å². The molecule has 0 radical (unpaired) electrons. The third-order valence-electron chi connectivity index (χ3n) is 7.58. The summed E-state index contributed by atoms with van der Waals surface area (Å²) in [7, 11) is 3.05. The Morgan fingerprint density at radius 3 is 2.29 bits per heavy atom. The quantitative estimate of drug-likeness (QED) is 0.202. The van der Waals surface area contributed by atoms with E-state index in [0.717, 1.165) is 25.9 Å². The second-order valence-electron chi connectivity index (χ2n) is 10.1. The van der Waals surface area contributed by atoms with Crippen LogP contribution in [0, 0.1) is 0 Å². The summed E-state index contributed by atoms with van der Waals surface area (Å²) in [6.45, 7) is 22.1. The van der Waals surface area contributed by atoms with E-state index in [1.165, 1.54) is 36.9 Å². The molecule has 2 fully saturated rings. The Hall–Kier alpha value is -4.10. The number of carbonyl (C=O) groups is 2. The summed E-state index contributed by atoms with van der Waals surface area (Å²) in [6, 6.07) is 17.6. The number of likely N-dealkylation sites (N-methyl/N-ethyl adjacent to an activating group) is 1. The van der Waals surface area contributed by atoms with Gasteiger partial charge in [0.2, 0.25) is 11.7 Å². The van der Waals surface area contributed by atoms with Crippen molar-refractivity contribution in [1.82, 2.24) is 15.1 Å². The summed E-state index contributed by atoms with van der Waals surface area (Å²) in [5, 5.41) is 2.88. The monoisotopic (exact) mass is 572 g/mol. The highest BCUT2D eigenvalue weighted by molar-refractivity contribution is 5.98. The molecule has 3 N–H and O–H groups in total. The molecule has 2 aliphatic heterocycles. The van der Waals surface area contributed by atoms with E-state index in [0.29, 0.717) is 23.2 Å². The van der Waals surface area contributed by atoms with Gasteiger partial charge in [-0.2, -0.15) is 0 Å².